The van der Waals surface area contributed by atoms with Crippen molar-refractivity contribution in [3.63, 3.8) is 0 Å². The minimum absolute atomic E-state index is 0.125. The molecule has 0 spiro atoms. The first kappa shape index (κ1) is 14.5. The summed E-state index contributed by atoms with van der Waals surface area (Å²) in [6.07, 6.45) is 5.16. The molecule has 0 bridgehead atoms. The summed E-state index contributed by atoms with van der Waals surface area (Å²) in [5.41, 5.74) is 6.10. The lowest BCUT2D eigenvalue weighted by Gasteiger charge is -2.22. The number of amides is 1. The number of rotatable bonds is 4. The van der Waals surface area contributed by atoms with Gasteiger partial charge in [0.2, 0.25) is 11.8 Å². The van der Waals surface area contributed by atoms with Crippen LogP contribution in [0.4, 0.5) is 5.69 Å². The summed E-state index contributed by atoms with van der Waals surface area (Å²) in [5.74, 6) is 1.01. The fourth-order valence-corrected chi connectivity index (χ4v) is 2.65. The Morgan fingerprint density at radius 3 is 2.73 bits per heavy atom. The van der Waals surface area contributed by atoms with Crippen LogP contribution in [0.15, 0.2) is 48.7 Å². The van der Waals surface area contributed by atoms with Gasteiger partial charge in [0, 0.05) is 24.0 Å². The van der Waals surface area contributed by atoms with E-state index in [1.165, 1.54) is 0 Å². The van der Waals surface area contributed by atoms with Crippen molar-refractivity contribution in [2.45, 2.75) is 31.2 Å². The first-order valence-electron chi connectivity index (χ1n) is 7.45. The van der Waals surface area contributed by atoms with Gasteiger partial charge in [0.15, 0.2) is 0 Å². The zero-order valence-electron chi connectivity index (χ0n) is 12.3. The van der Waals surface area contributed by atoms with Crippen molar-refractivity contribution in [2.24, 2.45) is 5.73 Å². The van der Waals surface area contributed by atoms with Crippen LogP contribution in [0, 0.1) is 0 Å². The number of anilines is 1. The van der Waals surface area contributed by atoms with Gasteiger partial charge in [-0.2, -0.15) is 0 Å². The molecule has 0 saturated heterocycles. The summed E-state index contributed by atoms with van der Waals surface area (Å²) in [4.78, 5) is 16.4. The average molecular weight is 297 g/mol. The molecule has 3 rings (SSSR count). The van der Waals surface area contributed by atoms with Crippen LogP contribution in [0.1, 0.15) is 25.7 Å². The number of ether oxygens (including phenoxy) is 1. The molecule has 1 fully saturated rings. The van der Waals surface area contributed by atoms with E-state index in [1.807, 2.05) is 30.3 Å². The van der Waals surface area contributed by atoms with E-state index in [9.17, 15) is 4.79 Å². The average Bonchev–Trinajstić information content (AvgIpc) is 2.97. The second kappa shape index (κ2) is 6.15. The molecule has 1 aliphatic rings. The molecule has 1 amide bonds. The van der Waals surface area contributed by atoms with Crippen LogP contribution in [0.3, 0.4) is 0 Å². The maximum atomic E-state index is 12.3. The summed E-state index contributed by atoms with van der Waals surface area (Å²) in [5, 5.41) is 2.89. The lowest BCUT2D eigenvalue weighted by Crippen LogP contribution is -2.48. The molecule has 0 radical (unpaired) electrons. The maximum Gasteiger partial charge on any atom is 0.244 e. The van der Waals surface area contributed by atoms with E-state index in [1.54, 1.807) is 18.3 Å². The van der Waals surface area contributed by atoms with Crippen molar-refractivity contribution in [1.82, 2.24) is 4.98 Å². The van der Waals surface area contributed by atoms with Crippen LogP contribution in [0.5, 0.6) is 11.6 Å². The second-order valence-corrected chi connectivity index (χ2v) is 5.62. The van der Waals surface area contributed by atoms with Gasteiger partial charge in [-0.15, -0.1) is 0 Å². The van der Waals surface area contributed by atoms with Crippen molar-refractivity contribution in [1.29, 1.82) is 0 Å². The standard InChI is InChI=1S/C17H19N3O2/c18-17(9-2-3-10-17)16(21)20-13-6-5-7-14(12-13)22-15-8-1-4-11-19-15/h1,4-8,11-12H,2-3,9-10,18H2,(H,20,21). The molecule has 1 saturated carbocycles. The van der Waals surface area contributed by atoms with Gasteiger partial charge in [-0.25, -0.2) is 4.98 Å². The number of benzene rings is 1. The van der Waals surface area contributed by atoms with E-state index >= 15 is 0 Å². The molecule has 5 nitrogen and oxygen atoms in total. The van der Waals surface area contributed by atoms with Gasteiger partial charge in [-0.05, 0) is 31.0 Å². The highest BCUT2D eigenvalue weighted by atomic mass is 16.5. The van der Waals surface area contributed by atoms with Gasteiger partial charge in [0.25, 0.3) is 0 Å². The minimum Gasteiger partial charge on any atom is -0.439 e. The maximum absolute atomic E-state index is 12.3. The first-order chi connectivity index (χ1) is 10.7. The first-order valence-corrected chi connectivity index (χ1v) is 7.45. The van der Waals surface area contributed by atoms with E-state index in [0.29, 0.717) is 17.3 Å². The van der Waals surface area contributed by atoms with Gasteiger partial charge in [0.1, 0.15) is 5.75 Å². The SMILES string of the molecule is NC1(C(=O)Nc2cccc(Oc3ccccn3)c2)CCCC1. The quantitative estimate of drug-likeness (QED) is 0.909. The Bertz CT molecular complexity index is 652. The van der Waals surface area contributed by atoms with Crippen molar-refractivity contribution in [3.8, 4) is 11.6 Å². The highest BCUT2D eigenvalue weighted by Gasteiger charge is 2.36. The molecule has 1 heterocycles. The molecule has 0 unspecified atom stereocenters. The number of hydrogen-bond donors (Lipinski definition) is 2. The molecule has 0 aliphatic heterocycles. The molecule has 1 aromatic carbocycles. The van der Waals surface area contributed by atoms with E-state index in [-0.39, 0.29) is 5.91 Å². The highest BCUT2D eigenvalue weighted by molar-refractivity contribution is 5.98. The summed E-state index contributed by atoms with van der Waals surface area (Å²) >= 11 is 0. The van der Waals surface area contributed by atoms with Crippen molar-refractivity contribution < 1.29 is 9.53 Å². The molecular formula is C17H19N3O2. The normalized spacial score (nSPS) is 16.2. The Kier molecular flexibility index (Phi) is 4.06. The van der Waals surface area contributed by atoms with Crippen LogP contribution >= 0.6 is 0 Å². The number of carbonyl (C=O) groups is 1. The van der Waals surface area contributed by atoms with Gasteiger partial charge in [-0.3, -0.25) is 4.79 Å². The molecule has 2 aromatic rings. The molecule has 5 heteroatoms. The van der Waals surface area contributed by atoms with Gasteiger partial charge >= 0.3 is 0 Å². The lowest BCUT2D eigenvalue weighted by atomic mass is 9.98. The van der Waals surface area contributed by atoms with Crippen LogP contribution in [0.25, 0.3) is 0 Å². The molecule has 0 atom stereocenters. The number of pyridine rings is 1. The molecular weight excluding hydrogens is 278 g/mol. The summed E-state index contributed by atoms with van der Waals surface area (Å²) in [6, 6.07) is 12.7. The monoisotopic (exact) mass is 297 g/mol. The zero-order valence-corrected chi connectivity index (χ0v) is 12.3. The molecule has 114 valence electrons. The third-order valence-corrected chi connectivity index (χ3v) is 3.90. The fourth-order valence-electron chi connectivity index (χ4n) is 2.65. The smallest absolute Gasteiger partial charge is 0.244 e. The highest BCUT2D eigenvalue weighted by Crippen LogP contribution is 2.29. The molecule has 22 heavy (non-hydrogen) atoms. The Morgan fingerprint density at radius 2 is 2.00 bits per heavy atom. The van der Waals surface area contributed by atoms with E-state index in [4.69, 9.17) is 10.5 Å². The number of nitrogens with one attached hydrogen (secondary N) is 1. The minimum atomic E-state index is -0.738. The van der Waals surface area contributed by atoms with Crippen molar-refractivity contribution in [2.75, 3.05) is 5.32 Å². The van der Waals surface area contributed by atoms with Crippen LogP contribution in [0.2, 0.25) is 0 Å². The van der Waals surface area contributed by atoms with Crippen LogP contribution < -0.4 is 15.8 Å². The summed E-state index contributed by atoms with van der Waals surface area (Å²) in [6.45, 7) is 0. The van der Waals surface area contributed by atoms with Crippen LogP contribution in [-0.4, -0.2) is 16.4 Å². The van der Waals surface area contributed by atoms with Crippen molar-refractivity contribution in [3.05, 3.63) is 48.7 Å². The van der Waals surface area contributed by atoms with E-state index in [0.717, 1.165) is 25.7 Å². The van der Waals surface area contributed by atoms with E-state index in [2.05, 4.69) is 10.3 Å². The fraction of sp³-hybridized carbons (Fsp3) is 0.294. The Hall–Kier alpha value is -2.40. The third kappa shape index (κ3) is 3.26. The number of hydrogen-bond acceptors (Lipinski definition) is 4. The predicted octanol–water partition coefficient (Wildman–Crippen LogP) is 3.08. The van der Waals surface area contributed by atoms with Crippen molar-refractivity contribution >= 4 is 11.6 Å². The predicted molar refractivity (Wildman–Crippen MR) is 84.8 cm³/mol. The number of nitrogens with two attached hydrogens (primary N) is 1. The Labute approximate surface area is 129 Å². The Balaban J connectivity index is 1.70. The van der Waals surface area contributed by atoms with Gasteiger partial charge in [-0.1, -0.05) is 25.0 Å². The number of aromatic nitrogens is 1. The topological polar surface area (TPSA) is 77.2 Å². The number of nitrogens with zero attached hydrogens (tertiary/aromatic N) is 1. The zero-order chi connectivity index (χ0) is 15.4. The molecule has 1 aromatic heterocycles. The van der Waals surface area contributed by atoms with Crippen LogP contribution in [-0.2, 0) is 4.79 Å². The summed E-state index contributed by atoms with van der Waals surface area (Å²) in [7, 11) is 0. The third-order valence-electron chi connectivity index (χ3n) is 3.90. The number of carbonyl (C=O) groups excluding carboxylic acids is 1. The molecule has 3 N–H and O–H groups in total. The molecule has 1 aliphatic carbocycles. The lowest BCUT2D eigenvalue weighted by molar-refractivity contribution is -0.121. The van der Waals surface area contributed by atoms with E-state index < -0.39 is 5.54 Å². The Morgan fingerprint density at radius 1 is 1.18 bits per heavy atom. The summed E-state index contributed by atoms with van der Waals surface area (Å²) < 4.78 is 5.66. The van der Waals surface area contributed by atoms with Gasteiger partial charge < -0.3 is 15.8 Å². The van der Waals surface area contributed by atoms with Gasteiger partial charge in [0.05, 0.1) is 5.54 Å². The second-order valence-electron chi connectivity index (χ2n) is 5.62. The largest absolute Gasteiger partial charge is 0.439 e.